The van der Waals surface area contributed by atoms with Gasteiger partial charge in [-0.15, -0.1) is 0 Å². The van der Waals surface area contributed by atoms with Gasteiger partial charge in [0.25, 0.3) is 0 Å². The van der Waals surface area contributed by atoms with Crippen LogP contribution in [-0.4, -0.2) is 37.1 Å². The predicted octanol–water partition coefficient (Wildman–Crippen LogP) is 14.3. The first kappa shape index (κ1) is 40.4. The van der Waals surface area contributed by atoms with Gasteiger partial charge in [-0.25, -0.2) is 15.0 Å². The molecule has 1 aliphatic carbocycles. The van der Waals surface area contributed by atoms with Crippen LogP contribution >= 0.6 is 0 Å². The van der Waals surface area contributed by atoms with Crippen LogP contribution in [0.4, 0.5) is 0 Å². The minimum atomic E-state index is -0.258. The molecular formula is C61H41N5O2. The first-order chi connectivity index (χ1) is 33.7. The Morgan fingerprint density at radius 2 is 0.632 bits per heavy atom. The van der Waals surface area contributed by atoms with Crippen molar-refractivity contribution in [1.29, 1.82) is 0 Å². The van der Waals surface area contributed by atoms with Crippen molar-refractivity contribution in [3.05, 3.63) is 237 Å². The summed E-state index contributed by atoms with van der Waals surface area (Å²) in [5.41, 5.74) is 15.4. The molecule has 2 aliphatic rings. The molecule has 0 saturated carbocycles. The summed E-state index contributed by atoms with van der Waals surface area (Å²) in [5.74, 6) is 3.23. The third-order valence-electron chi connectivity index (χ3n) is 12.5. The number of allylic oxidation sites excluding steroid dienone is 2. The first-order valence-corrected chi connectivity index (χ1v) is 22.7. The molecule has 1 aliphatic heterocycles. The Kier molecular flexibility index (Phi) is 10.5. The van der Waals surface area contributed by atoms with Gasteiger partial charge in [0.2, 0.25) is 0 Å². The number of hydrogen-bond acceptors (Lipinski definition) is 7. The monoisotopic (exact) mass is 875 g/mol. The Labute approximate surface area is 394 Å². The van der Waals surface area contributed by atoms with Crippen LogP contribution in [0.15, 0.2) is 237 Å². The van der Waals surface area contributed by atoms with Crippen LogP contribution < -0.4 is 9.47 Å². The van der Waals surface area contributed by atoms with Crippen LogP contribution in [0.25, 0.3) is 101 Å². The third-order valence-corrected chi connectivity index (χ3v) is 12.5. The average molecular weight is 876 g/mol. The lowest BCUT2D eigenvalue weighted by Gasteiger charge is -2.34. The smallest absolute Gasteiger partial charge is 0.170 e. The number of fused-ring (bicyclic) bond motifs is 2. The van der Waals surface area contributed by atoms with E-state index in [-0.39, 0.29) is 12.2 Å². The summed E-state index contributed by atoms with van der Waals surface area (Å²) in [4.78, 5) is 23.8. The van der Waals surface area contributed by atoms with Crippen molar-refractivity contribution in [2.75, 3.05) is 0 Å². The molecule has 0 spiro atoms. The fraction of sp³-hybridized carbons (Fsp3) is 0.0328. The molecule has 0 bridgehead atoms. The molecule has 7 aromatic carbocycles. The van der Waals surface area contributed by atoms with E-state index in [0.29, 0.717) is 29.0 Å². The largest absolute Gasteiger partial charge is 0.478 e. The van der Waals surface area contributed by atoms with E-state index in [9.17, 15) is 0 Å². The quantitative estimate of drug-likeness (QED) is 0.143. The van der Waals surface area contributed by atoms with Gasteiger partial charge in [-0.3, -0.25) is 9.97 Å². The fourth-order valence-corrected chi connectivity index (χ4v) is 8.93. The van der Waals surface area contributed by atoms with Gasteiger partial charge in [0, 0.05) is 63.7 Å². The molecule has 68 heavy (non-hydrogen) atoms. The highest BCUT2D eigenvalue weighted by Crippen LogP contribution is 2.49. The minimum Gasteiger partial charge on any atom is -0.478 e. The van der Waals surface area contributed by atoms with Gasteiger partial charge < -0.3 is 9.47 Å². The summed E-state index contributed by atoms with van der Waals surface area (Å²) in [6, 6.07) is 64.8. The second-order valence-corrected chi connectivity index (χ2v) is 16.8. The second-order valence-electron chi connectivity index (χ2n) is 16.8. The zero-order valence-corrected chi connectivity index (χ0v) is 36.7. The highest BCUT2D eigenvalue weighted by Gasteiger charge is 2.33. The highest BCUT2D eigenvalue weighted by atomic mass is 16.6. The van der Waals surface area contributed by atoms with Gasteiger partial charge in [0.05, 0.1) is 0 Å². The Bertz CT molecular complexity index is 3410. The van der Waals surface area contributed by atoms with Crippen molar-refractivity contribution < 1.29 is 9.47 Å². The molecule has 0 amide bonds. The first-order valence-electron chi connectivity index (χ1n) is 22.7. The fourth-order valence-electron chi connectivity index (χ4n) is 8.93. The second kappa shape index (κ2) is 17.7. The molecule has 7 nitrogen and oxygen atoms in total. The van der Waals surface area contributed by atoms with Crippen LogP contribution in [-0.2, 0) is 0 Å². The van der Waals surface area contributed by atoms with E-state index in [2.05, 4.69) is 162 Å². The molecule has 2 unspecified atom stereocenters. The third kappa shape index (κ3) is 8.03. The van der Waals surface area contributed by atoms with Crippen LogP contribution in [0.5, 0.6) is 11.5 Å². The Morgan fingerprint density at radius 1 is 0.294 bits per heavy atom. The van der Waals surface area contributed by atoms with Crippen molar-refractivity contribution in [1.82, 2.24) is 24.9 Å². The molecular weight excluding hydrogens is 835 g/mol. The standard InChI is InChI=1S/C61H41N5O2/c1-3-11-40(12-4-1)41-21-27-46(28-22-41)60-64-59(45-13-5-2-6-14-45)65-61(66-60)47-29-25-44(26-30-47)54-32-31-53(57-58(54)68-56-18-8-7-17-55(56)67-57)43-23-19-42(20-24-43)50-35-51(48-15-9-33-62-38-48)37-52(36-50)49-16-10-34-63-39-49/h1-39,55-56H. The minimum absolute atomic E-state index is 0.254. The Morgan fingerprint density at radius 3 is 1.06 bits per heavy atom. The maximum atomic E-state index is 6.86. The van der Waals surface area contributed by atoms with Gasteiger partial charge in [-0.1, -0.05) is 158 Å². The molecule has 2 atom stereocenters. The molecule has 0 fully saturated rings. The summed E-state index contributed by atoms with van der Waals surface area (Å²) in [5, 5.41) is 0. The van der Waals surface area contributed by atoms with Gasteiger partial charge in [0.1, 0.15) is 0 Å². The molecule has 7 heteroatoms. The van der Waals surface area contributed by atoms with Crippen LogP contribution in [0.3, 0.4) is 0 Å². The van der Waals surface area contributed by atoms with E-state index in [1.165, 1.54) is 0 Å². The molecule has 4 heterocycles. The van der Waals surface area contributed by atoms with Crippen LogP contribution in [0, 0.1) is 0 Å². The van der Waals surface area contributed by atoms with E-state index in [1.807, 2.05) is 73.1 Å². The van der Waals surface area contributed by atoms with Gasteiger partial charge in [-0.05, 0) is 99.1 Å². The van der Waals surface area contributed by atoms with Crippen molar-refractivity contribution in [3.63, 3.8) is 0 Å². The lowest BCUT2D eigenvalue weighted by atomic mass is 9.92. The normalized spacial score (nSPS) is 14.6. The molecule has 12 rings (SSSR count). The van der Waals surface area contributed by atoms with Crippen LogP contribution in [0.2, 0.25) is 0 Å². The molecule has 3 aromatic heterocycles. The average Bonchev–Trinajstić information content (AvgIpc) is 3.43. The number of aromatic nitrogens is 5. The summed E-state index contributed by atoms with van der Waals surface area (Å²) < 4.78 is 13.7. The van der Waals surface area contributed by atoms with E-state index < -0.39 is 0 Å². The lowest BCUT2D eigenvalue weighted by Crippen LogP contribution is -2.38. The molecule has 0 radical (unpaired) electrons. The Hall–Kier alpha value is -9.07. The van der Waals surface area contributed by atoms with Crippen molar-refractivity contribution in [3.8, 4) is 112 Å². The van der Waals surface area contributed by atoms with Gasteiger partial charge in [0.15, 0.2) is 41.2 Å². The maximum Gasteiger partial charge on any atom is 0.170 e. The van der Waals surface area contributed by atoms with Crippen molar-refractivity contribution in [2.45, 2.75) is 12.2 Å². The highest BCUT2D eigenvalue weighted by molar-refractivity contribution is 5.86. The SMILES string of the molecule is C1=CC2Oc3c(-c4ccc(-c5cc(-c6cccnc6)cc(-c6cccnc6)c5)cc4)ccc(-c4ccc(-c5nc(-c6ccccc6)nc(-c6ccc(-c7ccccc7)cc6)n5)cc4)c3OC2C=C1. The number of benzene rings is 7. The van der Waals surface area contributed by atoms with Crippen LogP contribution in [0.1, 0.15) is 0 Å². The Balaban J connectivity index is 0.890. The summed E-state index contributed by atoms with van der Waals surface area (Å²) in [7, 11) is 0. The lowest BCUT2D eigenvalue weighted by molar-refractivity contribution is 0.0769. The van der Waals surface area contributed by atoms with Gasteiger partial charge in [-0.2, -0.15) is 0 Å². The summed E-state index contributed by atoms with van der Waals surface area (Å²) in [6.45, 7) is 0. The number of nitrogens with zero attached hydrogens (tertiary/aromatic N) is 5. The van der Waals surface area contributed by atoms with E-state index in [1.54, 1.807) is 12.4 Å². The summed E-state index contributed by atoms with van der Waals surface area (Å²) >= 11 is 0. The molecule has 0 saturated heterocycles. The van der Waals surface area contributed by atoms with Crippen molar-refractivity contribution in [2.24, 2.45) is 0 Å². The topological polar surface area (TPSA) is 82.9 Å². The van der Waals surface area contributed by atoms with E-state index >= 15 is 0 Å². The van der Waals surface area contributed by atoms with Gasteiger partial charge >= 0.3 is 0 Å². The molecule has 0 N–H and O–H groups in total. The molecule has 10 aromatic rings. The maximum absolute atomic E-state index is 6.86. The molecule has 322 valence electrons. The summed E-state index contributed by atoms with van der Waals surface area (Å²) in [6.07, 6.45) is 15.0. The zero-order chi connectivity index (χ0) is 45.2. The predicted molar refractivity (Wildman–Crippen MR) is 271 cm³/mol. The zero-order valence-electron chi connectivity index (χ0n) is 36.7. The van der Waals surface area contributed by atoms with Crippen molar-refractivity contribution >= 4 is 0 Å². The van der Waals surface area contributed by atoms with E-state index in [0.717, 1.165) is 83.5 Å². The number of rotatable bonds is 9. The number of ether oxygens (including phenoxy) is 2. The number of pyridine rings is 2. The number of hydrogen-bond donors (Lipinski definition) is 0. The van der Waals surface area contributed by atoms with E-state index in [4.69, 9.17) is 24.4 Å².